The summed E-state index contributed by atoms with van der Waals surface area (Å²) in [7, 11) is 0. The monoisotopic (exact) mass is 376 g/mol. The van der Waals surface area contributed by atoms with Crippen molar-refractivity contribution in [2.45, 2.75) is 46.1 Å². The fourth-order valence-corrected chi connectivity index (χ4v) is 4.97. The molecule has 0 N–H and O–H groups in total. The number of ether oxygens (including phenoxy) is 2. The SMILES string of the molecule is C=C1CC2CCOC(=O)C2(Cc2cccc(OCc3cc(C)cc(C)c3)c2)C1. The lowest BCUT2D eigenvalue weighted by Gasteiger charge is -2.37. The van der Waals surface area contributed by atoms with Crippen LogP contribution in [0.25, 0.3) is 0 Å². The molecule has 28 heavy (non-hydrogen) atoms. The predicted octanol–water partition coefficient (Wildman–Crippen LogP) is 5.32. The van der Waals surface area contributed by atoms with E-state index in [2.05, 4.69) is 50.8 Å². The first kappa shape index (κ1) is 18.8. The van der Waals surface area contributed by atoms with Gasteiger partial charge in [-0.1, -0.05) is 53.6 Å². The van der Waals surface area contributed by atoms with Gasteiger partial charge in [-0.2, -0.15) is 0 Å². The van der Waals surface area contributed by atoms with Crippen molar-refractivity contribution < 1.29 is 14.3 Å². The molecule has 2 unspecified atom stereocenters. The van der Waals surface area contributed by atoms with Crippen LogP contribution >= 0.6 is 0 Å². The van der Waals surface area contributed by atoms with E-state index in [9.17, 15) is 4.79 Å². The van der Waals surface area contributed by atoms with Crippen LogP contribution in [0.1, 0.15) is 41.5 Å². The lowest BCUT2D eigenvalue weighted by Crippen LogP contribution is -2.43. The Bertz CT molecular complexity index is 894. The molecule has 1 aliphatic heterocycles. The molecule has 2 atom stereocenters. The van der Waals surface area contributed by atoms with Gasteiger partial charge < -0.3 is 9.47 Å². The van der Waals surface area contributed by atoms with Crippen LogP contribution in [0.15, 0.2) is 54.6 Å². The van der Waals surface area contributed by atoms with Crippen molar-refractivity contribution in [1.82, 2.24) is 0 Å². The average molecular weight is 376 g/mol. The normalized spacial score (nSPS) is 24.0. The highest BCUT2D eigenvalue weighted by Crippen LogP contribution is 2.52. The van der Waals surface area contributed by atoms with Gasteiger partial charge in [-0.05, 0) is 68.7 Å². The fraction of sp³-hybridized carbons (Fsp3) is 0.400. The van der Waals surface area contributed by atoms with Crippen LogP contribution in [0.5, 0.6) is 5.75 Å². The molecule has 0 amide bonds. The molecule has 0 spiro atoms. The molecule has 0 radical (unpaired) electrons. The molecule has 4 rings (SSSR count). The minimum Gasteiger partial charge on any atom is -0.489 e. The number of carbonyl (C=O) groups excluding carboxylic acids is 1. The smallest absolute Gasteiger partial charge is 0.313 e. The molecule has 1 saturated heterocycles. The Morgan fingerprint density at radius 1 is 1.14 bits per heavy atom. The molecule has 146 valence electrons. The van der Waals surface area contributed by atoms with Crippen molar-refractivity contribution in [2.24, 2.45) is 11.3 Å². The second-order valence-electron chi connectivity index (χ2n) is 8.52. The molecule has 0 aromatic heterocycles. The third-order valence-corrected chi connectivity index (χ3v) is 6.09. The van der Waals surface area contributed by atoms with Gasteiger partial charge in [0.2, 0.25) is 0 Å². The van der Waals surface area contributed by atoms with Crippen LogP contribution < -0.4 is 4.74 Å². The van der Waals surface area contributed by atoms with Crippen molar-refractivity contribution in [2.75, 3.05) is 6.61 Å². The van der Waals surface area contributed by atoms with Gasteiger partial charge in [-0.15, -0.1) is 0 Å². The topological polar surface area (TPSA) is 35.5 Å². The number of rotatable bonds is 5. The molecular formula is C25H28O3. The van der Waals surface area contributed by atoms with Crippen LogP contribution in [0.3, 0.4) is 0 Å². The summed E-state index contributed by atoms with van der Waals surface area (Å²) in [5.74, 6) is 1.13. The molecule has 2 aromatic rings. The zero-order valence-electron chi connectivity index (χ0n) is 16.8. The number of esters is 1. The van der Waals surface area contributed by atoms with Gasteiger partial charge in [0.25, 0.3) is 0 Å². The zero-order valence-corrected chi connectivity index (χ0v) is 16.8. The standard InChI is InChI=1S/C25H28O3/c1-17-9-18(2)11-21(10-17)16-28-23-6-4-5-20(13-23)15-25-14-19(3)12-22(25)7-8-27-24(25)26/h4-6,9-11,13,22H,3,7-8,12,14-16H2,1-2H3. The number of benzene rings is 2. The molecule has 2 aromatic carbocycles. The van der Waals surface area contributed by atoms with Crippen molar-refractivity contribution in [3.8, 4) is 5.75 Å². The summed E-state index contributed by atoms with van der Waals surface area (Å²) < 4.78 is 11.5. The molecule has 1 heterocycles. The Morgan fingerprint density at radius 2 is 1.93 bits per heavy atom. The number of aryl methyl sites for hydroxylation is 2. The summed E-state index contributed by atoms with van der Waals surface area (Å²) >= 11 is 0. The molecule has 2 aliphatic rings. The predicted molar refractivity (Wildman–Crippen MR) is 110 cm³/mol. The maximum Gasteiger partial charge on any atom is 0.313 e. The van der Waals surface area contributed by atoms with Crippen LogP contribution in [0.2, 0.25) is 0 Å². The molecule has 0 bridgehead atoms. The molecular weight excluding hydrogens is 348 g/mol. The third-order valence-electron chi connectivity index (χ3n) is 6.09. The van der Waals surface area contributed by atoms with Crippen LogP contribution in [-0.2, 0) is 22.6 Å². The Balaban J connectivity index is 1.50. The summed E-state index contributed by atoms with van der Waals surface area (Å²) in [4.78, 5) is 12.7. The first-order valence-electron chi connectivity index (χ1n) is 10.1. The fourth-order valence-electron chi connectivity index (χ4n) is 4.97. The van der Waals surface area contributed by atoms with Gasteiger partial charge in [-0.25, -0.2) is 0 Å². The van der Waals surface area contributed by atoms with Crippen molar-refractivity contribution in [3.63, 3.8) is 0 Å². The Morgan fingerprint density at radius 3 is 2.71 bits per heavy atom. The quantitative estimate of drug-likeness (QED) is 0.523. The van der Waals surface area contributed by atoms with E-state index in [0.717, 1.165) is 30.6 Å². The lowest BCUT2D eigenvalue weighted by atomic mass is 9.71. The number of hydrogen-bond acceptors (Lipinski definition) is 3. The minimum atomic E-state index is -0.443. The molecule has 1 saturated carbocycles. The van der Waals surface area contributed by atoms with Crippen LogP contribution in [0.4, 0.5) is 0 Å². The van der Waals surface area contributed by atoms with E-state index in [-0.39, 0.29) is 5.97 Å². The summed E-state index contributed by atoms with van der Waals surface area (Å²) in [5, 5.41) is 0. The van der Waals surface area contributed by atoms with E-state index in [1.807, 2.05) is 12.1 Å². The first-order valence-corrected chi connectivity index (χ1v) is 10.1. The molecule has 3 nitrogen and oxygen atoms in total. The Hall–Kier alpha value is -2.55. The van der Waals surface area contributed by atoms with E-state index in [0.29, 0.717) is 25.6 Å². The first-order chi connectivity index (χ1) is 13.4. The Kier molecular flexibility index (Phi) is 5.01. The number of carbonyl (C=O) groups is 1. The third kappa shape index (κ3) is 3.71. The lowest BCUT2D eigenvalue weighted by molar-refractivity contribution is -0.165. The molecule has 3 heteroatoms. The van der Waals surface area contributed by atoms with E-state index in [4.69, 9.17) is 9.47 Å². The van der Waals surface area contributed by atoms with Gasteiger partial charge in [0.05, 0.1) is 12.0 Å². The summed E-state index contributed by atoms with van der Waals surface area (Å²) in [5.41, 5.74) is 5.51. The highest BCUT2D eigenvalue weighted by atomic mass is 16.5. The van der Waals surface area contributed by atoms with Crippen LogP contribution in [-0.4, -0.2) is 12.6 Å². The van der Waals surface area contributed by atoms with Crippen molar-refractivity contribution >= 4 is 5.97 Å². The maximum atomic E-state index is 12.7. The van der Waals surface area contributed by atoms with E-state index in [1.54, 1.807) is 0 Å². The second-order valence-corrected chi connectivity index (χ2v) is 8.52. The largest absolute Gasteiger partial charge is 0.489 e. The number of allylic oxidation sites excluding steroid dienone is 1. The maximum absolute atomic E-state index is 12.7. The summed E-state index contributed by atoms with van der Waals surface area (Å²) in [6, 6.07) is 14.6. The van der Waals surface area contributed by atoms with Gasteiger partial charge in [0.1, 0.15) is 12.4 Å². The van der Waals surface area contributed by atoms with Crippen molar-refractivity contribution in [1.29, 1.82) is 0 Å². The number of hydrogen-bond donors (Lipinski definition) is 0. The molecule has 2 fully saturated rings. The van der Waals surface area contributed by atoms with Gasteiger partial charge >= 0.3 is 5.97 Å². The zero-order chi connectivity index (χ0) is 19.7. The van der Waals surface area contributed by atoms with Gasteiger partial charge in [-0.3, -0.25) is 4.79 Å². The van der Waals surface area contributed by atoms with Crippen LogP contribution in [0, 0.1) is 25.2 Å². The van der Waals surface area contributed by atoms with E-state index in [1.165, 1.54) is 22.3 Å². The summed E-state index contributed by atoms with van der Waals surface area (Å²) in [6.07, 6.45) is 3.31. The van der Waals surface area contributed by atoms with E-state index >= 15 is 0 Å². The highest BCUT2D eigenvalue weighted by Gasteiger charge is 2.53. The Labute approximate surface area is 167 Å². The van der Waals surface area contributed by atoms with Gasteiger partial charge in [0, 0.05) is 0 Å². The number of fused-ring (bicyclic) bond motifs is 1. The van der Waals surface area contributed by atoms with Crippen molar-refractivity contribution in [3.05, 3.63) is 76.9 Å². The summed E-state index contributed by atoms with van der Waals surface area (Å²) in [6.45, 7) is 9.45. The van der Waals surface area contributed by atoms with E-state index < -0.39 is 5.41 Å². The molecule has 1 aliphatic carbocycles. The minimum absolute atomic E-state index is 0.0519. The number of cyclic esters (lactones) is 1. The average Bonchev–Trinajstić information content (AvgIpc) is 2.97. The van der Waals surface area contributed by atoms with Gasteiger partial charge in [0.15, 0.2) is 0 Å². The second kappa shape index (κ2) is 7.46. The highest BCUT2D eigenvalue weighted by molar-refractivity contribution is 5.79.